The highest BCUT2D eigenvalue weighted by Crippen LogP contribution is 2.29. The molecule has 2 aromatic rings. The van der Waals surface area contributed by atoms with Gasteiger partial charge < -0.3 is 8.94 Å². The number of nitrogens with zero attached hydrogens (tertiary/aromatic N) is 2. The maximum Gasteiger partial charge on any atom is 0.471 e. The molecule has 0 fully saturated rings. The maximum absolute atomic E-state index is 12.0. The van der Waals surface area contributed by atoms with Crippen molar-refractivity contribution in [3.8, 4) is 11.6 Å². The lowest BCUT2D eigenvalue weighted by atomic mass is 10.4. The Morgan fingerprint density at radius 3 is 2.57 bits per heavy atom. The maximum atomic E-state index is 12.0. The summed E-state index contributed by atoms with van der Waals surface area (Å²) >= 11 is 0. The van der Waals surface area contributed by atoms with Gasteiger partial charge in [0.2, 0.25) is 5.82 Å². The number of halogens is 3. The lowest BCUT2D eigenvalue weighted by Gasteiger charge is -1.95. The molecule has 2 rings (SSSR count). The van der Waals surface area contributed by atoms with Crippen molar-refractivity contribution in [2.24, 2.45) is 0 Å². The van der Waals surface area contributed by atoms with Crippen LogP contribution in [0.15, 0.2) is 27.3 Å². The first-order valence-electron chi connectivity index (χ1n) is 3.52. The van der Waals surface area contributed by atoms with Crippen LogP contribution in [-0.4, -0.2) is 10.1 Å². The van der Waals surface area contributed by atoms with Gasteiger partial charge in [-0.2, -0.15) is 18.2 Å². The summed E-state index contributed by atoms with van der Waals surface area (Å²) in [6, 6.07) is 2.95. The molecule has 0 aliphatic carbocycles. The third kappa shape index (κ3) is 1.48. The summed E-state index contributed by atoms with van der Waals surface area (Å²) in [4.78, 5) is 3.13. The van der Waals surface area contributed by atoms with Gasteiger partial charge in [0.25, 0.3) is 0 Å². The molecule has 0 saturated carbocycles. The van der Waals surface area contributed by atoms with Crippen LogP contribution in [0.5, 0.6) is 0 Å². The van der Waals surface area contributed by atoms with Gasteiger partial charge in [-0.05, 0) is 12.1 Å². The average molecular weight is 204 g/mol. The molecule has 0 N–H and O–H groups in total. The SMILES string of the molecule is FC(F)(F)c1nc(-c2ccco2)no1. The number of furan rings is 1. The van der Waals surface area contributed by atoms with Crippen molar-refractivity contribution in [3.63, 3.8) is 0 Å². The van der Waals surface area contributed by atoms with E-state index >= 15 is 0 Å². The number of alkyl halides is 3. The Kier molecular flexibility index (Phi) is 1.80. The molecule has 14 heavy (non-hydrogen) atoms. The molecule has 4 nitrogen and oxygen atoms in total. The molecule has 2 heterocycles. The Hall–Kier alpha value is -1.79. The topological polar surface area (TPSA) is 52.1 Å². The largest absolute Gasteiger partial charge is 0.471 e. The highest BCUT2D eigenvalue weighted by atomic mass is 19.4. The highest BCUT2D eigenvalue weighted by molar-refractivity contribution is 5.44. The molecule has 0 amide bonds. The molecule has 0 spiro atoms. The number of aromatic nitrogens is 2. The van der Waals surface area contributed by atoms with E-state index in [1.54, 1.807) is 0 Å². The zero-order chi connectivity index (χ0) is 10.2. The van der Waals surface area contributed by atoms with E-state index in [1.165, 1.54) is 18.4 Å². The summed E-state index contributed by atoms with van der Waals surface area (Å²) in [5.74, 6) is -1.48. The van der Waals surface area contributed by atoms with E-state index in [1.807, 2.05) is 0 Å². The monoisotopic (exact) mass is 204 g/mol. The van der Waals surface area contributed by atoms with Gasteiger partial charge in [0.15, 0.2) is 5.76 Å². The Balaban J connectivity index is 2.36. The molecule has 0 saturated heterocycles. The molecule has 0 bridgehead atoms. The number of rotatable bonds is 1. The van der Waals surface area contributed by atoms with E-state index in [-0.39, 0.29) is 11.6 Å². The Morgan fingerprint density at radius 2 is 2.07 bits per heavy atom. The molecule has 0 aliphatic heterocycles. The fourth-order valence-corrected chi connectivity index (χ4v) is 0.844. The third-order valence-electron chi connectivity index (χ3n) is 1.41. The first-order valence-corrected chi connectivity index (χ1v) is 3.52. The van der Waals surface area contributed by atoms with E-state index in [0.717, 1.165) is 0 Å². The predicted molar refractivity (Wildman–Crippen MR) is 37.0 cm³/mol. The van der Waals surface area contributed by atoms with Crippen molar-refractivity contribution in [2.75, 3.05) is 0 Å². The molecular formula is C7H3F3N2O2. The van der Waals surface area contributed by atoms with E-state index in [0.29, 0.717) is 0 Å². The first-order chi connectivity index (χ1) is 6.57. The van der Waals surface area contributed by atoms with Gasteiger partial charge in [0.1, 0.15) is 0 Å². The minimum Gasteiger partial charge on any atom is -0.461 e. The molecule has 2 aromatic heterocycles. The van der Waals surface area contributed by atoms with Gasteiger partial charge in [-0.15, -0.1) is 0 Å². The van der Waals surface area contributed by atoms with Crippen LogP contribution in [0.4, 0.5) is 13.2 Å². The second-order valence-corrected chi connectivity index (χ2v) is 2.40. The summed E-state index contributed by atoms with van der Waals surface area (Å²) < 4.78 is 44.8. The number of hydrogen-bond acceptors (Lipinski definition) is 4. The molecule has 0 unspecified atom stereocenters. The van der Waals surface area contributed by atoms with E-state index in [2.05, 4.69) is 14.7 Å². The van der Waals surface area contributed by atoms with Gasteiger partial charge in [0, 0.05) is 0 Å². The van der Waals surface area contributed by atoms with Crippen molar-refractivity contribution >= 4 is 0 Å². The van der Waals surface area contributed by atoms with Gasteiger partial charge >= 0.3 is 12.1 Å². The minimum absolute atomic E-state index is 0.129. The Labute approximate surface area is 75.3 Å². The Morgan fingerprint density at radius 1 is 1.29 bits per heavy atom. The summed E-state index contributed by atoms with van der Waals surface area (Å²) in [5.41, 5.74) is 0. The first kappa shape index (κ1) is 8.79. The van der Waals surface area contributed by atoms with Gasteiger partial charge in [-0.3, -0.25) is 0 Å². The smallest absolute Gasteiger partial charge is 0.461 e. The lowest BCUT2D eigenvalue weighted by Crippen LogP contribution is -2.04. The normalized spacial score (nSPS) is 11.9. The standard InChI is InChI=1S/C7H3F3N2O2/c8-7(9,10)6-11-5(12-14-6)4-2-1-3-13-4/h1-3H. The molecule has 0 aromatic carbocycles. The van der Waals surface area contributed by atoms with Crippen LogP contribution in [0.25, 0.3) is 11.6 Å². The highest BCUT2D eigenvalue weighted by Gasteiger charge is 2.38. The van der Waals surface area contributed by atoms with Gasteiger partial charge in [0.05, 0.1) is 6.26 Å². The molecule has 0 atom stereocenters. The van der Waals surface area contributed by atoms with Crippen LogP contribution < -0.4 is 0 Å². The average Bonchev–Trinajstić information content (AvgIpc) is 2.73. The summed E-state index contributed by atoms with van der Waals surface area (Å²) in [7, 11) is 0. The second kappa shape index (κ2) is 2.86. The van der Waals surface area contributed by atoms with Crippen LogP contribution >= 0.6 is 0 Å². The van der Waals surface area contributed by atoms with Gasteiger partial charge in [-0.1, -0.05) is 5.16 Å². The minimum atomic E-state index is -4.63. The summed E-state index contributed by atoms with van der Waals surface area (Å²) in [5, 5.41) is 3.13. The number of hydrogen-bond donors (Lipinski definition) is 0. The van der Waals surface area contributed by atoms with E-state index in [4.69, 9.17) is 4.42 Å². The van der Waals surface area contributed by atoms with E-state index in [9.17, 15) is 13.2 Å². The summed E-state index contributed by atoms with van der Waals surface area (Å²) in [6.45, 7) is 0. The van der Waals surface area contributed by atoms with Crippen LogP contribution in [-0.2, 0) is 6.18 Å². The van der Waals surface area contributed by atoms with Crippen molar-refractivity contribution in [3.05, 3.63) is 24.3 Å². The van der Waals surface area contributed by atoms with E-state index < -0.39 is 12.1 Å². The molecule has 7 heteroatoms. The zero-order valence-corrected chi connectivity index (χ0v) is 6.58. The van der Waals surface area contributed by atoms with Crippen molar-refractivity contribution in [1.29, 1.82) is 0 Å². The Bertz CT molecular complexity index is 418. The van der Waals surface area contributed by atoms with Crippen LogP contribution in [0.2, 0.25) is 0 Å². The van der Waals surface area contributed by atoms with Crippen molar-refractivity contribution in [2.45, 2.75) is 6.18 Å². The van der Waals surface area contributed by atoms with Crippen molar-refractivity contribution in [1.82, 2.24) is 10.1 Å². The third-order valence-corrected chi connectivity index (χ3v) is 1.41. The van der Waals surface area contributed by atoms with Crippen LogP contribution in [0, 0.1) is 0 Å². The quantitative estimate of drug-likeness (QED) is 0.715. The van der Waals surface area contributed by atoms with Crippen LogP contribution in [0.3, 0.4) is 0 Å². The fraction of sp³-hybridized carbons (Fsp3) is 0.143. The predicted octanol–water partition coefficient (Wildman–Crippen LogP) is 2.35. The molecular weight excluding hydrogens is 201 g/mol. The molecule has 0 radical (unpaired) electrons. The van der Waals surface area contributed by atoms with Crippen LogP contribution in [0.1, 0.15) is 5.89 Å². The van der Waals surface area contributed by atoms with Crippen molar-refractivity contribution < 1.29 is 22.1 Å². The zero-order valence-electron chi connectivity index (χ0n) is 6.58. The van der Waals surface area contributed by atoms with Gasteiger partial charge in [-0.25, -0.2) is 0 Å². The fourth-order valence-electron chi connectivity index (χ4n) is 0.844. The summed E-state index contributed by atoms with van der Waals surface area (Å²) in [6.07, 6.45) is -3.32. The molecule has 74 valence electrons. The lowest BCUT2D eigenvalue weighted by molar-refractivity contribution is -0.159. The molecule has 0 aliphatic rings. The second-order valence-electron chi connectivity index (χ2n) is 2.40.